The number of carbonyl (C=O) groups is 1. The van der Waals surface area contributed by atoms with Crippen molar-refractivity contribution in [3.63, 3.8) is 0 Å². The third-order valence-corrected chi connectivity index (χ3v) is 5.66. The zero-order chi connectivity index (χ0) is 19.4. The second kappa shape index (κ2) is 5.73. The topological polar surface area (TPSA) is 46.5 Å². The molecule has 0 saturated carbocycles. The Bertz CT molecular complexity index is 705. The predicted molar refractivity (Wildman–Crippen MR) is 88.7 cm³/mol. The highest BCUT2D eigenvalue weighted by Gasteiger charge is 2.67. The van der Waals surface area contributed by atoms with Gasteiger partial charge in [-0.3, -0.25) is 0 Å². The van der Waals surface area contributed by atoms with E-state index in [1.54, 1.807) is 6.07 Å². The Labute approximate surface area is 146 Å². The van der Waals surface area contributed by atoms with Gasteiger partial charge in [-0.2, -0.15) is 13.2 Å². The summed E-state index contributed by atoms with van der Waals surface area (Å²) in [6.45, 7) is 11.4. The second-order valence-corrected chi connectivity index (χ2v) is 7.97. The molecule has 0 aromatic heterocycles. The van der Waals surface area contributed by atoms with Gasteiger partial charge in [0, 0.05) is 11.1 Å². The molecule has 1 aromatic rings. The molecule has 1 aromatic carbocycles. The average molecular weight is 358 g/mol. The lowest BCUT2D eigenvalue weighted by Crippen LogP contribution is -2.47. The van der Waals surface area contributed by atoms with Crippen molar-refractivity contribution in [1.82, 2.24) is 0 Å². The molecule has 3 nitrogen and oxygen atoms in total. The van der Waals surface area contributed by atoms with Gasteiger partial charge in [-0.15, -0.1) is 0 Å². The first kappa shape index (κ1) is 19.8. The maximum Gasteiger partial charge on any atom is 0.432 e. The Balaban J connectivity index is 2.88. The fourth-order valence-corrected chi connectivity index (χ4v) is 2.84. The molecule has 0 unspecified atom stereocenters. The predicted octanol–water partition coefficient (Wildman–Crippen LogP) is 4.73. The van der Waals surface area contributed by atoms with Gasteiger partial charge in [-0.05, 0) is 35.3 Å². The number of esters is 1. The normalized spacial score (nSPS) is 21.3. The van der Waals surface area contributed by atoms with E-state index < -0.39 is 34.1 Å². The molecule has 1 aliphatic rings. The van der Waals surface area contributed by atoms with Crippen LogP contribution in [0.3, 0.4) is 0 Å². The highest BCUT2D eigenvalue weighted by Crippen LogP contribution is 2.53. The summed E-state index contributed by atoms with van der Waals surface area (Å²) in [6.07, 6.45) is -3.83. The molecule has 0 amide bonds. The molecule has 140 valence electrons. The van der Waals surface area contributed by atoms with E-state index in [2.05, 4.69) is 0 Å². The van der Waals surface area contributed by atoms with Gasteiger partial charge in [0.15, 0.2) is 0 Å². The molecule has 0 saturated heterocycles. The summed E-state index contributed by atoms with van der Waals surface area (Å²) in [5.74, 6) is -1.85. The number of hydrogen-bond donors (Lipinski definition) is 1. The van der Waals surface area contributed by atoms with Gasteiger partial charge in [0.2, 0.25) is 0 Å². The van der Waals surface area contributed by atoms with Crippen LogP contribution in [0, 0.1) is 0 Å². The van der Waals surface area contributed by atoms with Gasteiger partial charge in [0.05, 0.1) is 0 Å². The first-order valence-electron chi connectivity index (χ1n) is 8.43. The maximum atomic E-state index is 13.5. The average Bonchev–Trinajstić information content (AvgIpc) is 2.78. The van der Waals surface area contributed by atoms with E-state index in [0.29, 0.717) is 24.0 Å². The van der Waals surface area contributed by atoms with Crippen LogP contribution >= 0.6 is 0 Å². The fraction of sp³-hybridized carbons (Fsp3) is 0.632. The molecule has 1 aliphatic heterocycles. The summed E-state index contributed by atoms with van der Waals surface area (Å²) < 4.78 is 45.6. The molecule has 25 heavy (non-hydrogen) atoms. The van der Waals surface area contributed by atoms with Gasteiger partial charge < -0.3 is 9.84 Å². The van der Waals surface area contributed by atoms with Gasteiger partial charge >= 0.3 is 12.1 Å². The Morgan fingerprint density at radius 1 is 1.04 bits per heavy atom. The number of fused-ring (bicyclic) bond motifs is 1. The van der Waals surface area contributed by atoms with Crippen LogP contribution in [-0.2, 0) is 21.2 Å². The fourth-order valence-electron chi connectivity index (χ4n) is 2.84. The van der Waals surface area contributed by atoms with E-state index in [-0.39, 0.29) is 5.75 Å². The molecule has 0 bridgehead atoms. The zero-order valence-electron chi connectivity index (χ0n) is 15.5. The van der Waals surface area contributed by atoms with Crippen molar-refractivity contribution < 1.29 is 27.8 Å². The molecule has 0 aliphatic carbocycles. The lowest BCUT2D eigenvalue weighted by molar-refractivity contribution is -0.258. The summed E-state index contributed by atoms with van der Waals surface area (Å²) in [5.41, 5.74) is -3.89. The van der Waals surface area contributed by atoms with E-state index in [9.17, 15) is 23.1 Å². The minimum absolute atomic E-state index is 0.160. The first-order chi connectivity index (χ1) is 11.2. The van der Waals surface area contributed by atoms with Crippen molar-refractivity contribution in [2.24, 2.45) is 0 Å². The lowest BCUT2D eigenvalue weighted by atomic mass is 9.74. The molecule has 0 radical (unpaired) electrons. The van der Waals surface area contributed by atoms with Crippen LogP contribution in [-0.4, -0.2) is 17.3 Å². The summed E-state index contributed by atoms with van der Waals surface area (Å²) in [7, 11) is 0. The van der Waals surface area contributed by atoms with Gasteiger partial charge in [-0.25, -0.2) is 4.79 Å². The summed E-state index contributed by atoms with van der Waals surface area (Å²) in [4.78, 5) is 12.0. The quantitative estimate of drug-likeness (QED) is 0.625. The van der Waals surface area contributed by atoms with Crippen molar-refractivity contribution in [3.8, 4) is 5.75 Å². The third kappa shape index (κ3) is 2.84. The molecule has 1 heterocycles. The van der Waals surface area contributed by atoms with Crippen molar-refractivity contribution in [2.75, 3.05) is 0 Å². The Morgan fingerprint density at radius 3 is 2.00 bits per heavy atom. The van der Waals surface area contributed by atoms with E-state index in [0.717, 1.165) is 0 Å². The summed E-state index contributed by atoms with van der Waals surface area (Å²) >= 11 is 0. The van der Waals surface area contributed by atoms with Crippen LogP contribution in [0.25, 0.3) is 0 Å². The van der Waals surface area contributed by atoms with Gasteiger partial charge in [0.1, 0.15) is 5.75 Å². The number of aliphatic hydroxyl groups is 1. The smallest absolute Gasteiger partial charge is 0.423 e. The molecule has 6 heteroatoms. The van der Waals surface area contributed by atoms with Crippen LogP contribution in [0.5, 0.6) is 5.75 Å². The van der Waals surface area contributed by atoms with Crippen LogP contribution in [0.2, 0.25) is 0 Å². The van der Waals surface area contributed by atoms with Crippen molar-refractivity contribution in [3.05, 3.63) is 28.8 Å². The second-order valence-electron chi connectivity index (χ2n) is 7.97. The van der Waals surface area contributed by atoms with Gasteiger partial charge in [0.25, 0.3) is 5.60 Å². The van der Waals surface area contributed by atoms with E-state index in [4.69, 9.17) is 4.74 Å². The van der Waals surface area contributed by atoms with Crippen molar-refractivity contribution in [2.45, 2.75) is 77.0 Å². The minimum Gasteiger partial charge on any atom is -0.423 e. The Hall–Kier alpha value is -1.56. The van der Waals surface area contributed by atoms with E-state index in [1.807, 2.05) is 41.5 Å². The van der Waals surface area contributed by atoms with Crippen molar-refractivity contribution >= 4 is 5.97 Å². The molecular formula is C19H25F3O3. The number of benzene rings is 1. The van der Waals surface area contributed by atoms with Crippen molar-refractivity contribution in [1.29, 1.82) is 0 Å². The molecule has 1 atom stereocenters. The largest absolute Gasteiger partial charge is 0.432 e. The highest BCUT2D eigenvalue weighted by atomic mass is 19.4. The zero-order valence-corrected chi connectivity index (χ0v) is 15.5. The maximum absolute atomic E-state index is 13.5. The summed E-state index contributed by atoms with van der Waals surface area (Å²) in [6, 6.07) is 3.08. The van der Waals surface area contributed by atoms with E-state index >= 15 is 0 Å². The Morgan fingerprint density at radius 2 is 1.56 bits per heavy atom. The van der Waals surface area contributed by atoms with Crippen LogP contribution in [0.15, 0.2) is 12.1 Å². The number of halogens is 3. The minimum atomic E-state index is -5.15. The molecule has 0 spiro atoms. The summed E-state index contributed by atoms with van der Waals surface area (Å²) in [5, 5.41) is 10.3. The van der Waals surface area contributed by atoms with Crippen LogP contribution in [0.1, 0.15) is 71.1 Å². The number of hydrogen-bond acceptors (Lipinski definition) is 3. The lowest BCUT2D eigenvalue weighted by Gasteiger charge is -2.31. The molecular weight excluding hydrogens is 333 g/mol. The van der Waals surface area contributed by atoms with Crippen LogP contribution in [0.4, 0.5) is 13.2 Å². The molecule has 1 N–H and O–H groups in total. The van der Waals surface area contributed by atoms with Gasteiger partial charge in [-0.1, -0.05) is 47.6 Å². The Kier molecular flexibility index (Phi) is 4.53. The standard InChI is InChI=1S/C19H25F3O3/c1-7-16(3,4)11-9-12(17(5,6)8-2)14-13(10-11)18(24,15(23)25-14)19(20,21)22/h9-10,24H,7-8H2,1-6H3/t18-/m0/s1. The molecule has 2 rings (SSSR count). The number of alkyl halides is 3. The number of ether oxygens (including phenoxy) is 1. The molecule has 0 fully saturated rings. The van der Waals surface area contributed by atoms with E-state index in [1.165, 1.54) is 6.07 Å². The number of carbonyl (C=O) groups excluding carboxylic acids is 1. The third-order valence-electron chi connectivity index (χ3n) is 5.66. The van der Waals surface area contributed by atoms with Crippen LogP contribution < -0.4 is 4.74 Å². The first-order valence-corrected chi connectivity index (χ1v) is 8.43. The SMILES string of the molecule is CCC(C)(C)c1cc(C(C)(C)CC)c2c(c1)[C@@](O)(C(F)(F)F)C(=O)O2. The highest BCUT2D eigenvalue weighted by molar-refractivity contribution is 5.90. The monoisotopic (exact) mass is 358 g/mol. The number of rotatable bonds is 4.